The Labute approximate surface area is 160 Å². The molecule has 2 fully saturated rings. The molecule has 1 aliphatic carbocycles. The number of ether oxygens (including phenoxy) is 1. The van der Waals surface area contributed by atoms with Crippen LogP contribution in [0.4, 0.5) is 0 Å². The molecule has 1 unspecified atom stereocenters. The van der Waals surface area contributed by atoms with Gasteiger partial charge in [0.2, 0.25) is 0 Å². The monoisotopic (exact) mass is 325 g/mol. The first kappa shape index (κ1) is 18.9. The Morgan fingerprint density at radius 1 is 1.26 bits per heavy atom. The molecule has 23 heavy (non-hydrogen) atoms. The molecule has 0 bridgehead atoms. The van der Waals surface area contributed by atoms with Crippen LogP contribution in [0.25, 0.3) is 0 Å². The minimum absolute atomic E-state index is 0. The van der Waals surface area contributed by atoms with Gasteiger partial charge in [0.05, 0.1) is 5.60 Å². The van der Waals surface area contributed by atoms with E-state index < -0.39 is 5.97 Å². The number of hydrogen-bond donors (Lipinski definition) is 1. The summed E-state index contributed by atoms with van der Waals surface area (Å²) >= 11 is 0. The van der Waals surface area contributed by atoms with Gasteiger partial charge in [-0.1, -0.05) is 31.2 Å². The Balaban J connectivity index is 0.00000192. The summed E-state index contributed by atoms with van der Waals surface area (Å²) in [7, 11) is 0. The summed E-state index contributed by atoms with van der Waals surface area (Å²) in [6.07, 6.45) is 4.18. The number of hydrogen-bond acceptors (Lipinski definition) is 4. The molecule has 4 nitrogen and oxygen atoms in total. The molecule has 1 atom stereocenters. The average molecular weight is 325 g/mol. The summed E-state index contributed by atoms with van der Waals surface area (Å²) < 4.78 is 5.86. The summed E-state index contributed by atoms with van der Waals surface area (Å²) in [5, 5.41) is 14.5. The zero-order valence-electron chi connectivity index (χ0n) is 14.1. The van der Waals surface area contributed by atoms with E-state index in [0.29, 0.717) is 25.5 Å². The fourth-order valence-corrected chi connectivity index (χ4v) is 3.65. The smallest absolute Gasteiger partial charge is 0.550 e. The number of rotatable bonds is 5. The minimum Gasteiger partial charge on any atom is -0.550 e. The molecule has 120 valence electrons. The minimum atomic E-state index is -0.930. The molecule has 1 aromatic carbocycles. The van der Waals surface area contributed by atoms with Crippen molar-refractivity contribution in [2.75, 3.05) is 6.61 Å². The van der Waals surface area contributed by atoms with E-state index in [9.17, 15) is 9.90 Å². The fourth-order valence-electron chi connectivity index (χ4n) is 3.65. The maximum Gasteiger partial charge on any atom is 1.00 e. The Morgan fingerprint density at radius 3 is 2.52 bits per heavy atom. The van der Waals surface area contributed by atoms with Crippen LogP contribution in [-0.4, -0.2) is 24.2 Å². The third kappa shape index (κ3) is 4.58. The number of nitrogens with one attached hydrogen (secondary N) is 1. The van der Waals surface area contributed by atoms with Crippen LogP contribution in [0.15, 0.2) is 24.3 Å². The van der Waals surface area contributed by atoms with E-state index in [2.05, 4.69) is 36.5 Å². The van der Waals surface area contributed by atoms with Crippen LogP contribution in [-0.2, 0) is 22.5 Å². The maximum atomic E-state index is 10.9. The topological polar surface area (TPSA) is 61.4 Å². The SMILES string of the molecule is CCc1ccc(CNC2CCOC3(C2)CC(C(=O)[O-])C3)cc1.[Na+]. The van der Waals surface area contributed by atoms with Crippen molar-refractivity contribution in [1.82, 2.24) is 5.32 Å². The fraction of sp³-hybridized carbons (Fsp3) is 0.611. The van der Waals surface area contributed by atoms with Crippen molar-refractivity contribution in [3.05, 3.63) is 35.4 Å². The number of carbonyl (C=O) groups excluding carboxylic acids is 1. The van der Waals surface area contributed by atoms with Crippen LogP contribution in [0.2, 0.25) is 0 Å². The number of carbonyl (C=O) groups is 1. The van der Waals surface area contributed by atoms with Gasteiger partial charge in [-0.05, 0) is 43.2 Å². The van der Waals surface area contributed by atoms with Crippen molar-refractivity contribution in [1.29, 1.82) is 0 Å². The Bertz CT molecular complexity index is 526. The van der Waals surface area contributed by atoms with Crippen LogP contribution >= 0.6 is 0 Å². The molecule has 0 aromatic heterocycles. The first-order chi connectivity index (χ1) is 10.6. The summed E-state index contributed by atoms with van der Waals surface area (Å²) in [5.74, 6) is -1.25. The predicted molar refractivity (Wildman–Crippen MR) is 82.1 cm³/mol. The standard InChI is InChI=1S/C18H25NO3.Na/c1-2-13-3-5-14(6-4-13)12-19-16-7-8-22-18(11-16)9-15(10-18)17(20)21;/h3-6,15-16,19H,2,7-12H2,1H3,(H,20,21);/q;+1/p-1. The molecule has 0 amide bonds. The quantitative estimate of drug-likeness (QED) is 0.664. The maximum absolute atomic E-state index is 10.9. The second-order valence-corrected chi connectivity index (χ2v) is 6.70. The molecule has 1 aliphatic heterocycles. The molecule has 1 spiro atoms. The Kier molecular flexibility index (Phi) is 6.69. The Morgan fingerprint density at radius 2 is 1.91 bits per heavy atom. The first-order valence-electron chi connectivity index (χ1n) is 8.26. The molecule has 1 N–H and O–H groups in total. The second-order valence-electron chi connectivity index (χ2n) is 6.70. The molecule has 1 saturated heterocycles. The van der Waals surface area contributed by atoms with Crippen LogP contribution in [0.5, 0.6) is 0 Å². The zero-order valence-corrected chi connectivity index (χ0v) is 16.1. The van der Waals surface area contributed by atoms with Gasteiger partial charge in [-0.2, -0.15) is 0 Å². The van der Waals surface area contributed by atoms with Gasteiger partial charge in [0, 0.05) is 31.1 Å². The van der Waals surface area contributed by atoms with Gasteiger partial charge in [-0.25, -0.2) is 0 Å². The van der Waals surface area contributed by atoms with Gasteiger partial charge in [0.15, 0.2) is 0 Å². The zero-order chi connectivity index (χ0) is 15.6. The molecule has 1 aromatic rings. The van der Waals surface area contributed by atoms with E-state index >= 15 is 0 Å². The third-order valence-corrected chi connectivity index (χ3v) is 5.09. The molecular formula is C18H24NNaO3. The van der Waals surface area contributed by atoms with Crippen molar-refractivity contribution in [2.45, 2.75) is 57.2 Å². The summed E-state index contributed by atoms with van der Waals surface area (Å²) in [4.78, 5) is 10.9. The van der Waals surface area contributed by atoms with Crippen molar-refractivity contribution < 1.29 is 44.2 Å². The summed E-state index contributed by atoms with van der Waals surface area (Å²) in [6.45, 7) is 3.73. The number of carboxylic acid groups (broad SMARTS) is 1. The predicted octanol–water partition coefficient (Wildman–Crippen LogP) is -1.58. The number of carboxylic acids is 1. The third-order valence-electron chi connectivity index (χ3n) is 5.09. The van der Waals surface area contributed by atoms with Gasteiger partial charge >= 0.3 is 29.6 Å². The molecular weight excluding hydrogens is 301 g/mol. The second kappa shape index (κ2) is 8.13. The van der Waals surface area contributed by atoms with Gasteiger partial charge < -0.3 is 20.0 Å². The van der Waals surface area contributed by atoms with Crippen LogP contribution in [0.3, 0.4) is 0 Å². The molecule has 5 heteroatoms. The van der Waals surface area contributed by atoms with Gasteiger partial charge in [-0.15, -0.1) is 0 Å². The molecule has 2 aliphatic rings. The van der Waals surface area contributed by atoms with Crippen LogP contribution < -0.4 is 40.0 Å². The molecule has 3 rings (SSSR count). The van der Waals surface area contributed by atoms with Crippen molar-refractivity contribution >= 4 is 5.97 Å². The van der Waals surface area contributed by atoms with Crippen molar-refractivity contribution in [3.63, 3.8) is 0 Å². The molecule has 1 heterocycles. The van der Waals surface area contributed by atoms with Crippen LogP contribution in [0.1, 0.15) is 43.7 Å². The summed E-state index contributed by atoms with van der Waals surface area (Å²) in [6, 6.07) is 9.12. The normalized spacial score (nSPS) is 29.6. The van der Waals surface area contributed by atoms with E-state index in [1.165, 1.54) is 11.1 Å². The van der Waals surface area contributed by atoms with E-state index in [4.69, 9.17) is 4.74 Å². The van der Waals surface area contributed by atoms with Crippen LogP contribution in [0, 0.1) is 5.92 Å². The van der Waals surface area contributed by atoms with E-state index in [0.717, 1.165) is 25.8 Å². The Hall–Kier alpha value is -0.390. The number of benzene rings is 1. The van der Waals surface area contributed by atoms with E-state index in [1.54, 1.807) is 0 Å². The van der Waals surface area contributed by atoms with Gasteiger partial charge in [0.1, 0.15) is 0 Å². The van der Waals surface area contributed by atoms with E-state index in [-0.39, 0.29) is 41.1 Å². The van der Waals surface area contributed by atoms with E-state index in [1.807, 2.05) is 0 Å². The van der Waals surface area contributed by atoms with Gasteiger partial charge in [0.25, 0.3) is 0 Å². The number of aliphatic carboxylic acids is 1. The van der Waals surface area contributed by atoms with Crippen molar-refractivity contribution in [2.24, 2.45) is 5.92 Å². The van der Waals surface area contributed by atoms with Crippen molar-refractivity contribution in [3.8, 4) is 0 Å². The average Bonchev–Trinajstić information content (AvgIpc) is 2.51. The largest absolute Gasteiger partial charge is 1.00 e. The number of aryl methyl sites for hydroxylation is 1. The molecule has 0 radical (unpaired) electrons. The summed E-state index contributed by atoms with van der Waals surface area (Å²) in [5.41, 5.74) is 2.43. The first-order valence-corrected chi connectivity index (χ1v) is 8.26. The molecule has 1 saturated carbocycles. The van der Waals surface area contributed by atoms with Gasteiger partial charge in [-0.3, -0.25) is 0 Å².